The van der Waals surface area contributed by atoms with Crippen LogP contribution in [0.1, 0.15) is 11.1 Å². The molecule has 0 aliphatic rings. The smallest absolute Gasteiger partial charge is 0.366 e. The molecule has 0 spiro atoms. The molecule has 0 unspecified atom stereocenters. The minimum atomic E-state index is -4.39. The average molecular weight is 308 g/mol. The van der Waals surface area contributed by atoms with Gasteiger partial charge < -0.3 is 15.3 Å². The summed E-state index contributed by atoms with van der Waals surface area (Å²) in [6.45, 7) is 0.377. The van der Waals surface area contributed by atoms with Gasteiger partial charge in [-0.25, -0.2) is 9.78 Å². The second-order valence-corrected chi connectivity index (χ2v) is 4.74. The van der Waals surface area contributed by atoms with E-state index in [1.165, 1.54) is 6.07 Å². The van der Waals surface area contributed by atoms with Crippen LogP contribution in [0.25, 0.3) is 11.0 Å². The number of nitrogens with zero attached hydrogens (tertiary/aromatic N) is 1. The Morgan fingerprint density at radius 3 is 2.55 bits per heavy atom. The Hall–Kier alpha value is -2.77. The van der Waals surface area contributed by atoms with E-state index in [9.17, 15) is 18.0 Å². The van der Waals surface area contributed by atoms with Crippen molar-refractivity contribution in [3.63, 3.8) is 0 Å². The number of anilines is 1. The van der Waals surface area contributed by atoms with E-state index in [-0.39, 0.29) is 5.69 Å². The number of nitrogens with one attached hydrogen (secondary N) is 3. The Kier molecular flexibility index (Phi) is 3.36. The fraction of sp³-hybridized carbons (Fsp3) is 0.143. The van der Waals surface area contributed by atoms with Crippen LogP contribution >= 0.6 is 0 Å². The molecule has 0 bridgehead atoms. The highest BCUT2D eigenvalue weighted by Gasteiger charge is 2.30. The van der Waals surface area contributed by atoms with Crippen molar-refractivity contribution in [3.8, 4) is 0 Å². The second-order valence-electron chi connectivity index (χ2n) is 4.74. The van der Waals surface area contributed by atoms with E-state index in [1.54, 1.807) is 12.1 Å². The predicted molar refractivity (Wildman–Crippen MR) is 75.5 cm³/mol. The molecule has 0 radical (unpaired) electrons. The summed E-state index contributed by atoms with van der Waals surface area (Å²) < 4.78 is 37.3. The van der Waals surface area contributed by atoms with Gasteiger partial charge in [-0.2, -0.15) is 13.2 Å². The number of hydrogen-bond acceptors (Lipinski definition) is 3. The fourth-order valence-electron chi connectivity index (χ4n) is 2.05. The predicted octanol–water partition coefficient (Wildman–Crippen LogP) is 2.88. The van der Waals surface area contributed by atoms with E-state index >= 15 is 0 Å². The third kappa shape index (κ3) is 2.95. The Bertz CT molecular complexity index is 849. The topological polar surface area (TPSA) is 73.6 Å². The molecule has 0 saturated carbocycles. The SMILES string of the molecule is O=c1[nH]c2ccc(CNc3ccc(C(F)(F)F)cn3)cc2[nH]1. The number of imidazole rings is 1. The molecule has 2 heterocycles. The molecular formula is C14H11F3N4O. The molecule has 3 aromatic rings. The summed E-state index contributed by atoms with van der Waals surface area (Å²) in [4.78, 5) is 20.2. The van der Waals surface area contributed by atoms with Gasteiger partial charge in [0.25, 0.3) is 0 Å². The lowest BCUT2D eigenvalue weighted by molar-refractivity contribution is -0.137. The van der Waals surface area contributed by atoms with Crippen molar-refractivity contribution in [1.82, 2.24) is 15.0 Å². The Labute approximate surface area is 122 Å². The number of pyridine rings is 1. The molecule has 5 nitrogen and oxygen atoms in total. The van der Waals surface area contributed by atoms with Gasteiger partial charge in [0.1, 0.15) is 5.82 Å². The van der Waals surface area contributed by atoms with E-state index < -0.39 is 11.7 Å². The Balaban J connectivity index is 1.72. The number of aromatic nitrogens is 3. The molecule has 0 aliphatic heterocycles. The number of H-pyrrole nitrogens is 2. The highest BCUT2D eigenvalue weighted by molar-refractivity contribution is 5.75. The first kappa shape index (κ1) is 14.2. The van der Waals surface area contributed by atoms with Crippen LogP contribution in [0.2, 0.25) is 0 Å². The van der Waals surface area contributed by atoms with Crippen molar-refractivity contribution >= 4 is 16.9 Å². The number of halogens is 3. The number of hydrogen-bond donors (Lipinski definition) is 3. The zero-order valence-electron chi connectivity index (χ0n) is 11.2. The average Bonchev–Trinajstić information content (AvgIpc) is 2.84. The lowest BCUT2D eigenvalue weighted by atomic mass is 10.2. The molecule has 1 aromatic carbocycles. The number of rotatable bonds is 3. The molecule has 0 aliphatic carbocycles. The maximum atomic E-state index is 12.4. The van der Waals surface area contributed by atoms with Crippen LogP contribution in [0.3, 0.4) is 0 Å². The Morgan fingerprint density at radius 1 is 1.09 bits per heavy atom. The summed E-state index contributed by atoms with van der Waals surface area (Å²) in [5.41, 5.74) is 1.16. The van der Waals surface area contributed by atoms with Gasteiger partial charge in [-0.1, -0.05) is 6.07 Å². The third-order valence-corrected chi connectivity index (χ3v) is 3.14. The molecular weight excluding hydrogens is 297 g/mol. The van der Waals surface area contributed by atoms with Crippen LogP contribution in [-0.2, 0) is 12.7 Å². The van der Waals surface area contributed by atoms with Crippen LogP contribution in [0.15, 0.2) is 41.3 Å². The number of alkyl halides is 3. The van der Waals surface area contributed by atoms with E-state index in [0.29, 0.717) is 23.4 Å². The van der Waals surface area contributed by atoms with Crippen LogP contribution < -0.4 is 11.0 Å². The molecule has 2 aromatic heterocycles. The van der Waals surface area contributed by atoms with Crippen LogP contribution in [0, 0.1) is 0 Å². The molecule has 114 valence electrons. The van der Waals surface area contributed by atoms with Crippen molar-refractivity contribution in [2.45, 2.75) is 12.7 Å². The van der Waals surface area contributed by atoms with E-state index in [0.717, 1.165) is 17.8 Å². The van der Waals surface area contributed by atoms with Crippen LogP contribution in [0.4, 0.5) is 19.0 Å². The summed E-state index contributed by atoms with van der Waals surface area (Å²) in [6, 6.07) is 7.60. The van der Waals surface area contributed by atoms with Crippen molar-refractivity contribution in [2.24, 2.45) is 0 Å². The first-order valence-corrected chi connectivity index (χ1v) is 6.40. The molecule has 8 heteroatoms. The van der Waals surface area contributed by atoms with Gasteiger partial charge in [-0.15, -0.1) is 0 Å². The summed E-state index contributed by atoms with van der Waals surface area (Å²) in [7, 11) is 0. The van der Waals surface area contributed by atoms with Gasteiger partial charge in [0.15, 0.2) is 0 Å². The monoisotopic (exact) mass is 308 g/mol. The van der Waals surface area contributed by atoms with E-state index in [4.69, 9.17) is 0 Å². The van der Waals surface area contributed by atoms with Gasteiger partial charge in [-0.3, -0.25) is 0 Å². The summed E-state index contributed by atoms with van der Waals surface area (Å²) in [6.07, 6.45) is -3.61. The van der Waals surface area contributed by atoms with Crippen LogP contribution in [0.5, 0.6) is 0 Å². The number of fused-ring (bicyclic) bond motifs is 1. The number of aromatic amines is 2. The van der Waals surface area contributed by atoms with Gasteiger partial charge in [0.2, 0.25) is 0 Å². The molecule has 0 amide bonds. The second kappa shape index (κ2) is 5.21. The van der Waals surface area contributed by atoms with Crippen molar-refractivity contribution in [1.29, 1.82) is 0 Å². The summed E-state index contributed by atoms with van der Waals surface area (Å²) >= 11 is 0. The van der Waals surface area contributed by atoms with Crippen molar-refractivity contribution in [3.05, 3.63) is 58.1 Å². The minimum absolute atomic E-state index is 0.287. The summed E-state index contributed by atoms with van der Waals surface area (Å²) in [5, 5.41) is 2.93. The number of benzene rings is 1. The van der Waals surface area contributed by atoms with Gasteiger partial charge >= 0.3 is 11.9 Å². The quantitative estimate of drug-likeness (QED) is 0.696. The van der Waals surface area contributed by atoms with Crippen molar-refractivity contribution < 1.29 is 13.2 Å². The van der Waals surface area contributed by atoms with Gasteiger partial charge in [0, 0.05) is 12.7 Å². The van der Waals surface area contributed by atoms with Crippen LogP contribution in [-0.4, -0.2) is 15.0 Å². The first-order chi connectivity index (χ1) is 10.4. The molecule has 0 saturated heterocycles. The maximum absolute atomic E-state index is 12.4. The third-order valence-electron chi connectivity index (χ3n) is 3.14. The highest BCUT2D eigenvalue weighted by Crippen LogP contribution is 2.28. The molecule has 0 atom stereocenters. The van der Waals surface area contributed by atoms with Gasteiger partial charge in [0.05, 0.1) is 16.6 Å². The van der Waals surface area contributed by atoms with Gasteiger partial charge in [-0.05, 0) is 29.8 Å². The van der Waals surface area contributed by atoms with E-state index in [2.05, 4.69) is 20.3 Å². The molecule has 0 fully saturated rings. The highest BCUT2D eigenvalue weighted by atomic mass is 19.4. The largest absolute Gasteiger partial charge is 0.417 e. The normalized spacial score (nSPS) is 11.8. The lowest BCUT2D eigenvalue weighted by Gasteiger charge is -2.08. The fourth-order valence-corrected chi connectivity index (χ4v) is 2.05. The van der Waals surface area contributed by atoms with Crippen molar-refractivity contribution in [2.75, 3.05) is 5.32 Å². The zero-order chi connectivity index (χ0) is 15.7. The lowest BCUT2D eigenvalue weighted by Crippen LogP contribution is -2.07. The van der Waals surface area contributed by atoms with E-state index in [1.807, 2.05) is 6.07 Å². The standard InChI is InChI=1S/C14H11F3N4O/c15-14(16,17)9-2-4-12(19-7-9)18-6-8-1-3-10-11(5-8)21-13(22)20-10/h1-5,7H,6H2,(H,18,19)(H2,20,21,22). The summed E-state index contributed by atoms with van der Waals surface area (Å²) in [5.74, 6) is 0.343. The molecule has 3 N–H and O–H groups in total. The maximum Gasteiger partial charge on any atom is 0.417 e. The zero-order valence-corrected chi connectivity index (χ0v) is 11.2. The molecule has 3 rings (SSSR count). The molecule has 22 heavy (non-hydrogen) atoms. The minimum Gasteiger partial charge on any atom is -0.366 e. The Morgan fingerprint density at radius 2 is 1.86 bits per heavy atom. The first-order valence-electron chi connectivity index (χ1n) is 6.40.